The molecule has 2 rings (SSSR count). The van der Waals surface area contributed by atoms with Crippen molar-refractivity contribution in [3.63, 3.8) is 0 Å². The van der Waals surface area contributed by atoms with Crippen molar-refractivity contribution in [2.24, 2.45) is 0 Å². The van der Waals surface area contributed by atoms with E-state index in [1.54, 1.807) is 13.8 Å². The van der Waals surface area contributed by atoms with Gasteiger partial charge in [0.05, 0.1) is 10.4 Å². The van der Waals surface area contributed by atoms with Gasteiger partial charge in [-0.05, 0) is 35.8 Å². The SMILES string of the molecule is CCOC(=O)c1nc(C)nc2sc(Br)cc12. The average Bonchev–Trinajstić information content (AvgIpc) is 2.57. The van der Waals surface area contributed by atoms with Crippen LogP contribution in [-0.2, 0) is 4.74 Å². The van der Waals surface area contributed by atoms with Gasteiger partial charge in [-0.2, -0.15) is 0 Å². The minimum Gasteiger partial charge on any atom is -0.461 e. The van der Waals surface area contributed by atoms with Crippen molar-refractivity contribution < 1.29 is 9.53 Å². The third-order valence-corrected chi connectivity index (χ3v) is 3.48. The highest BCUT2D eigenvalue weighted by Gasteiger charge is 2.16. The fourth-order valence-electron chi connectivity index (χ4n) is 1.35. The van der Waals surface area contributed by atoms with Crippen molar-refractivity contribution in [2.45, 2.75) is 13.8 Å². The number of ether oxygens (including phenoxy) is 1. The van der Waals surface area contributed by atoms with Gasteiger partial charge >= 0.3 is 5.97 Å². The monoisotopic (exact) mass is 300 g/mol. The van der Waals surface area contributed by atoms with Crippen molar-refractivity contribution in [3.8, 4) is 0 Å². The molecule has 6 heteroatoms. The zero-order valence-corrected chi connectivity index (χ0v) is 11.2. The maximum Gasteiger partial charge on any atom is 0.357 e. The number of carbonyl (C=O) groups excluding carboxylic acids is 1. The number of halogens is 1. The zero-order chi connectivity index (χ0) is 11.7. The van der Waals surface area contributed by atoms with Gasteiger partial charge in [-0.3, -0.25) is 0 Å². The quantitative estimate of drug-likeness (QED) is 0.800. The maximum absolute atomic E-state index is 11.7. The van der Waals surface area contributed by atoms with Crippen molar-refractivity contribution in [1.29, 1.82) is 0 Å². The lowest BCUT2D eigenvalue weighted by Crippen LogP contribution is -2.09. The van der Waals surface area contributed by atoms with Crippen LogP contribution in [0.5, 0.6) is 0 Å². The Morgan fingerprint density at radius 2 is 2.31 bits per heavy atom. The lowest BCUT2D eigenvalue weighted by atomic mass is 10.3. The van der Waals surface area contributed by atoms with Gasteiger partial charge in [-0.15, -0.1) is 11.3 Å². The van der Waals surface area contributed by atoms with E-state index in [2.05, 4.69) is 25.9 Å². The number of thiophene rings is 1. The molecule has 0 spiro atoms. The molecule has 2 heterocycles. The molecule has 4 nitrogen and oxygen atoms in total. The Labute approximate surface area is 105 Å². The van der Waals surface area contributed by atoms with Crippen molar-refractivity contribution in [3.05, 3.63) is 21.4 Å². The van der Waals surface area contributed by atoms with Crippen LogP contribution in [0.15, 0.2) is 9.85 Å². The second-order valence-corrected chi connectivity index (χ2v) is 5.52. The van der Waals surface area contributed by atoms with Crippen LogP contribution < -0.4 is 0 Å². The van der Waals surface area contributed by atoms with Crippen molar-refractivity contribution >= 4 is 43.5 Å². The second-order valence-electron chi connectivity index (χ2n) is 3.11. The first-order chi connectivity index (χ1) is 7.61. The Balaban J connectivity index is 2.62. The minimum atomic E-state index is -0.400. The Bertz CT molecular complexity index is 553. The van der Waals surface area contributed by atoms with Crippen LogP contribution in [-0.4, -0.2) is 22.5 Å². The minimum absolute atomic E-state index is 0.339. The summed E-state index contributed by atoms with van der Waals surface area (Å²) >= 11 is 4.84. The number of esters is 1. The summed E-state index contributed by atoms with van der Waals surface area (Å²) in [6.45, 7) is 3.87. The molecule has 0 saturated heterocycles. The zero-order valence-electron chi connectivity index (χ0n) is 8.78. The number of nitrogens with zero attached hydrogens (tertiary/aromatic N) is 2. The predicted octanol–water partition coefficient (Wildman–Crippen LogP) is 2.94. The van der Waals surface area contributed by atoms with E-state index in [0.717, 1.165) is 14.0 Å². The predicted molar refractivity (Wildman–Crippen MR) is 65.8 cm³/mol. The molecule has 2 aromatic heterocycles. The molecule has 0 aliphatic heterocycles. The van der Waals surface area contributed by atoms with Gasteiger partial charge in [-0.25, -0.2) is 14.8 Å². The Hall–Kier alpha value is -1.01. The van der Waals surface area contributed by atoms with E-state index in [4.69, 9.17) is 4.74 Å². The molecule has 0 atom stereocenters. The Kier molecular flexibility index (Phi) is 3.20. The summed E-state index contributed by atoms with van der Waals surface area (Å²) in [5.74, 6) is 0.174. The summed E-state index contributed by atoms with van der Waals surface area (Å²) in [5, 5.41) is 0.737. The highest BCUT2D eigenvalue weighted by Crippen LogP contribution is 2.30. The van der Waals surface area contributed by atoms with E-state index in [0.29, 0.717) is 18.1 Å². The molecule has 0 radical (unpaired) electrons. The van der Waals surface area contributed by atoms with Crippen LogP contribution in [0, 0.1) is 6.92 Å². The summed E-state index contributed by atoms with van der Waals surface area (Å²) in [7, 11) is 0. The van der Waals surface area contributed by atoms with Crippen LogP contribution in [0.1, 0.15) is 23.2 Å². The van der Waals surface area contributed by atoms with Crippen molar-refractivity contribution in [2.75, 3.05) is 6.61 Å². The summed E-state index contributed by atoms with van der Waals surface area (Å²) in [6.07, 6.45) is 0. The fourth-order valence-corrected chi connectivity index (χ4v) is 2.85. The first kappa shape index (κ1) is 11.5. The van der Waals surface area contributed by atoms with E-state index in [9.17, 15) is 4.79 Å². The fraction of sp³-hybridized carbons (Fsp3) is 0.300. The van der Waals surface area contributed by atoms with Crippen LogP contribution in [0.3, 0.4) is 0 Å². The summed E-state index contributed by atoms with van der Waals surface area (Å²) < 4.78 is 5.88. The molecular weight excluding hydrogens is 292 g/mol. The highest BCUT2D eigenvalue weighted by atomic mass is 79.9. The van der Waals surface area contributed by atoms with Gasteiger partial charge in [0.1, 0.15) is 10.7 Å². The van der Waals surface area contributed by atoms with Gasteiger partial charge < -0.3 is 4.74 Å². The molecule has 0 amide bonds. The molecule has 16 heavy (non-hydrogen) atoms. The maximum atomic E-state index is 11.7. The topological polar surface area (TPSA) is 52.1 Å². The number of fused-ring (bicyclic) bond motifs is 1. The van der Waals surface area contributed by atoms with Gasteiger partial charge in [0.15, 0.2) is 5.69 Å². The highest BCUT2D eigenvalue weighted by molar-refractivity contribution is 9.11. The van der Waals surface area contributed by atoms with E-state index in [1.807, 2.05) is 6.07 Å². The largest absolute Gasteiger partial charge is 0.461 e. The van der Waals surface area contributed by atoms with Gasteiger partial charge in [0.2, 0.25) is 0 Å². The number of hydrogen-bond donors (Lipinski definition) is 0. The smallest absolute Gasteiger partial charge is 0.357 e. The molecule has 84 valence electrons. The lowest BCUT2D eigenvalue weighted by Gasteiger charge is -2.02. The van der Waals surface area contributed by atoms with E-state index in [-0.39, 0.29) is 0 Å². The van der Waals surface area contributed by atoms with Gasteiger partial charge in [0, 0.05) is 5.39 Å². The third kappa shape index (κ3) is 2.08. The summed E-state index contributed by atoms with van der Waals surface area (Å²) in [6, 6.07) is 1.84. The number of hydrogen-bond acceptors (Lipinski definition) is 5. The molecule has 0 saturated carbocycles. The molecule has 0 aromatic carbocycles. The summed E-state index contributed by atoms with van der Waals surface area (Å²) in [4.78, 5) is 20.9. The number of rotatable bonds is 2. The van der Waals surface area contributed by atoms with Crippen LogP contribution in [0.2, 0.25) is 0 Å². The summed E-state index contributed by atoms with van der Waals surface area (Å²) in [5.41, 5.74) is 0.339. The molecule has 0 bridgehead atoms. The normalized spacial score (nSPS) is 10.7. The molecule has 0 fully saturated rings. The lowest BCUT2D eigenvalue weighted by molar-refractivity contribution is 0.0521. The van der Waals surface area contributed by atoms with Crippen LogP contribution in [0.4, 0.5) is 0 Å². The van der Waals surface area contributed by atoms with E-state index < -0.39 is 5.97 Å². The second kappa shape index (κ2) is 4.47. The number of aryl methyl sites for hydroxylation is 1. The molecule has 0 aliphatic carbocycles. The van der Waals surface area contributed by atoms with Gasteiger partial charge in [-0.1, -0.05) is 0 Å². The third-order valence-electron chi connectivity index (χ3n) is 1.94. The average molecular weight is 301 g/mol. The van der Waals surface area contributed by atoms with E-state index >= 15 is 0 Å². The molecule has 0 aliphatic rings. The van der Waals surface area contributed by atoms with E-state index in [1.165, 1.54) is 11.3 Å². The Morgan fingerprint density at radius 3 is 3.00 bits per heavy atom. The molecule has 2 aromatic rings. The van der Waals surface area contributed by atoms with Gasteiger partial charge in [0.25, 0.3) is 0 Å². The number of carbonyl (C=O) groups is 1. The standard InChI is InChI=1S/C10H9BrN2O2S/c1-3-15-10(14)8-6-4-7(11)16-9(6)13-5(2)12-8/h4H,3H2,1-2H3. The number of aromatic nitrogens is 2. The molecule has 0 N–H and O–H groups in total. The first-order valence-corrected chi connectivity index (χ1v) is 6.33. The van der Waals surface area contributed by atoms with Crippen LogP contribution in [0.25, 0.3) is 10.2 Å². The Morgan fingerprint density at radius 1 is 1.56 bits per heavy atom. The van der Waals surface area contributed by atoms with Crippen LogP contribution >= 0.6 is 27.3 Å². The van der Waals surface area contributed by atoms with Crippen molar-refractivity contribution in [1.82, 2.24) is 9.97 Å². The first-order valence-electron chi connectivity index (χ1n) is 4.72. The molecular formula is C10H9BrN2O2S. The molecule has 0 unspecified atom stereocenters.